The smallest absolute Gasteiger partial charge is 0.295 e. The van der Waals surface area contributed by atoms with Gasteiger partial charge in [0.15, 0.2) is 0 Å². The van der Waals surface area contributed by atoms with Crippen LogP contribution >= 0.6 is 0 Å². The molecule has 3 heteroatoms. The number of rotatable bonds is 4. The van der Waals surface area contributed by atoms with Gasteiger partial charge in [-0.1, -0.05) is 38.5 Å². The van der Waals surface area contributed by atoms with Crippen molar-refractivity contribution in [2.24, 2.45) is 7.05 Å². The molecule has 0 radical (unpaired) electrons. The van der Waals surface area contributed by atoms with E-state index >= 15 is 0 Å². The predicted molar refractivity (Wildman–Crippen MR) is 91.9 cm³/mol. The van der Waals surface area contributed by atoms with E-state index in [2.05, 4.69) is 32.0 Å². The normalized spacial score (nSPS) is 11.2. The van der Waals surface area contributed by atoms with E-state index in [0.717, 1.165) is 36.0 Å². The maximum Gasteiger partial charge on any atom is 0.333 e. The van der Waals surface area contributed by atoms with E-state index in [1.54, 1.807) is 4.57 Å². The Labute approximate surface area is 130 Å². The van der Waals surface area contributed by atoms with Crippen molar-refractivity contribution < 1.29 is 0 Å². The number of aromatic nitrogens is 2. The van der Waals surface area contributed by atoms with E-state index in [1.807, 2.05) is 35.9 Å². The van der Waals surface area contributed by atoms with Gasteiger partial charge in [0, 0.05) is 7.05 Å². The number of benzene rings is 2. The standard InChI is InChI=1S/C19H22N2O/c1-4-8-15-11-12-16(13-14(15)5-2)21-18-10-7-6-9-17(18)20(3)19(21)22/h6-7,9-13H,4-5,8H2,1-3H3. The Kier molecular flexibility index (Phi) is 3.88. The number of hydrogen-bond acceptors (Lipinski definition) is 1. The number of aryl methyl sites for hydroxylation is 3. The van der Waals surface area contributed by atoms with Crippen LogP contribution in [0.15, 0.2) is 47.3 Å². The molecule has 22 heavy (non-hydrogen) atoms. The maximum absolute atomic E-state index is 12.6. The Morgan fingerprint density at radius 2 is 1.68 bits per heavy atom. The zero-order chi connectivity index (χ0) is 15.7. The molecule has 0 unspecified atom stereocenters. The molecule has 0 saturated heterocycles. The second-order valence-corrected chi connectivity index (χ2v) is 5.72. The van der Waals surface area contributed by atoms with Crippen LogP contribution in [0.3, 0.4) is 0 Å². The molecule has 0 aliphatic carbocycles. The molecular formula is C19H22N2O. The van der Waals surface area contributed by atoms with Crippen LogP contribution in [0.4, 0.5) is 0 Å². The number of nitrogens with zero attached hydrogens (tertiary/aromatic N) is 2. The number of imidazole rings is 1. The van der Waals surface area contributed by atoms with Crippen LogP contribution in [0.2, 0.25) is 0 Å². The molecule has 0 atom stereocenters. The summed E-state index contributed by atoms with van der Waals surface area (Å²) in [6.45, 7) is 4.37. The molecule has 3 aromatic rings. The average Bonchev–Trinajstić information content (AvgIpc) is 2.80. The van der Waals surface area contributed by atoms with Gasteiger partial charge in [-0.25, -0.2) is 4.79 Å². The Balaban J connectivity index is 2.24. The highest BCUT2D eigenvalue weighted by molar-refractivity contribution is 5.78. The third-order valence-electron chi connectivity index (χ3n) is 4.31. The van der Waals surface area contributed by atoms with Crippen molar-refractivity contribution in [3.05, 3.63) is 64.1 Å². The molecule has 0 N–H and O–H groups in total. The summed E-state index contributed by atoms with van der Waals surface area (Å²) in [5, 5.41) is 0. The highest BCUT2D eigenvalue weighted by Crippen LogP contribution is 2.21. The topological polar surface area (TPSA) is 26.9 Å². The van der Waals surface area contributed by atoms with Crippen LogP contribution in [0.1, 0.15) is 31.4 Å². The van der Waals surface area contributed by atoms with Crippen LogP contribution in [0.25, 0.3) is 16.7 Å². The summed E-state index contributed by atoms with van der Waals surface area (Å²) < 4.78 is 3.52. The van der Waals surface area contributed by atoms with Crippen molar-refractivity contribution in [3.63, 3.8) is 0 Å². The van der Waals surface area contributed by atoms with Crippen molar-refractivity contribution in [2.45, 2.75) is 33.1 Å². The lowest BCUT2D eigenvalue weighted by molar-refractivity contribution is 0.842. The van der Waals surface area contributed by atoms with Gasteiger partial charge in [-0.2, -0.15) is 0 Å². The first-order chi connectivity index (χ1) is 10.7. The van der Waals surface area contributed by atoms with Crippen LogP contribution < -0.4 is 5.69 Å². The second-order valence-electron chi connectivity index (χ2n) is 5.72. The first-order valence-electron chi connectivity index (χ1n) is 7.96. The molecule has 3 rings (SSSR count). The summed E-state index contributed by atoms with van der Waals surface area (Å²) in [7, 11) is 1.83. The van der Waals surface area contributed by atoms with Crippen LogP contribution in [-0.2, 0) is 19.9 Å². The average molecular weight is 294 g/mol. The molecular weight excluding hydrogens is 272 g/mol. The predicted octanol–water partition coefficient (Wildman–Crippen LogP) is 3.84. The summed E-state index contributed by atoms with van der Waals surface area (Å²) in [4.78, 5) is 12.6. The van der Waals surface area contributed by atoms with Crippen molar-refractivity contribution in [3.8, 4) is 5.69 Å². The number of fused-ring (bicyclic) bond motifs is 1. The molecule has 1 heterocycles. The van der Waals surface area contributed by atoms with Gasteiger partial charge in [0.05, 0.1) is 16.7 Å². The molecule has 0 aliphatic heterocycles. The molecule has 0 amide bonds. The lowest BCUT2D eigenvalue weighted by Gasteiger charge is -2.10. The van der Waals surface area contributed by atoms with Gasteiger partial charge in [0.25, 0.3) is 0 Å². The van der Waals surface area contributed by atoms with E-state index in [9.17, 15) is 4.79 Å². The van der Waals surface area contributed by atoms with Gasteiger partial charge in [0.2, 0.25) is 0 Å². The maximum atomic E-state index is 12.6. The van der Waals surface area contributed by atoms with E-state index < -0.39 is 0 Å². The summed E-state index contributed by atoms with van der Waals surface area (Å²) in [5.74, 6) is 0. The van der Waals surface area contributed by atoms with Gasteiger partial charge in [-0.15, -0.1) is 0 Å². The third-order valence-corrected chi connectivity index (χ3v) is 4.31. The van der Waals surface area contributed by atoms with Crippen LogP contribution in [0.5, 0.6) is 0 Å². The minimum absolute atomic E-state index is 0.00601. The SMILES string of the molecule is CCCc1ccc(-n2c(=O)n(C)c3ccccc32)cc1CC. The lowest BCUT2D eigenvalue weighted by Crippen LogP contribution is -2.21. The highest BCUT2D eigenvalue weighted by Gasteiger charge is 2.12. The molecule has 0 fully saturated rings. The summed E-state index contributed by atoms with van der Waals surface area (Å²) in [5.41, 5.74) is 5.61. The first kappa shape index (κ1) is 14.6. The monoisotopic (exact) mass is 294 g/mol. The molecule has 3 nitrogen and oxygen atoms in total. The highest BCUT2D eigenvalue weighted by atomic mass is 16.1. The van der Waals surface area contributed by atoms with Gasteiger partial charge >= 0.3 is 5.69 Å². The van der Waals surface area contributed by atoms with Crippen LogP contribution in [-0.4, -0.2) is 9.13 Å². The lowest BCUT2D eigenvalue weighted by atomic mass is 10.0. The Bertz CT molecular complexity index is 871. The Morgan fingerprint density at radius 1 is 0.955 bits per heavy atom. The fourth-order valence-corrected chi connectivity index (χ4v) is 3.14. The van der Waals surface area contributed by atoms with Gasteiger partial charge in [-0.05, 0) is 48.2 Å². The van der Waals surface area contributed by atoms with Crippen molar-refractivity contribution in [1.29, 1.82) is 0 Å². The van der Waals surface area contributed by atoms with E-state index in [4.69, 9.17) is 0 Å². The quantitative estimate of drug-likeness (QED) is 0.718. The zero-order valence-electron chi connectivity index (χ0n) is 13.5. The van der Waals surface area contributed by atoms with Gasteiger partial charge in [0.1, 0.15) is 0 Å². The van der Waals surface area contributed by atoms with E-state index in [0.29, 0.717) is 0 Å². The van der Waals surface area contributed by atoms with E-state index in [1.165, 1.54) is 11.1 Å². The molecule has 0 saturated carbocycles. The summed E-state index contributed by atoms with van der Waals surface area (Å²) >= 11 is 0. The summed E-state index contributed by atoms with van der Waals surface area (Å²) in [6, 6.07) is 14.3. The molecule has 2 aromatic carbocycles. The first-order valence-corrected chi connectivity index (χ1v) is 7.96. The Morgan fingerprint density at radius 3 is 2.36 bits per heavy atom. The molecule has 0 bridgehead atoms. The summed E-state index contributed by atoms with van der Waals surface area (Å²) in [6.07, 6.45) is 3.22. The molecule has 0 spiro atoms. The number of para-hydroxylation sites is 2. The Hall–Kier alpha value is -2.29. The second kappa shape index (κ2) is 5.84. The van der Waals surface area contributed by atoms with Crippen LogP contribution in [0, 0.1) is 0 Å². The molecule has 114 valence electrons. The zero-order valence-corrected chi connectivity index (χ0v) is 13.5. The van der Waals surface area contributed by atoms with Gasteiger partial charge in [-0.3, -0.25) is 9.13 Å². The number of hydrogen-bond donors (Lipinski definition) is 0. The third kappa shape index (κ3) is 2.27. The van der Waals surface area contributed by atoms with Crippen molar-refractivity contribution in [2.75, 3.05) is 0 Å². The largest absolute Gasteiger partial charge is 0.333 e. The van der Waals surface area contributed by atoms with Crippen molar-refractivity contribution in [1.82, 2.24) is 9.13 Å². The minimum Gasteiger partial charge on any atom is -0.295 e. The van der Waals surface area contributed by atoms with Gasteiger partial charge < -0.3 is 0 Å². The van der Waals surface area contributed by atoms with Crippen molar-refractivity contribution >= 4 is 11.0 Å². The van der Waals surface area contributed by atoms with E-state index in [-0.39, 0.29) is 5.69 Å². The fraction of sp³-hybridized carbons (Fsp3) is 0.316. The fourth-order valence-electron chi connectivity index (χ4n) is 3.14. The molecule has 1 aromatic heterocycles. The minimum atomic E-state index is 0.00601. The molecule has 0 aliphatic rings.